The first-order valence-electron chi connectivity index (χ1n) is 8.92. The largest absolute Gasteiger partial charge is 0.443 e. The highest BCUT2D eigenvalue weighted by atomic mass is 16.6. The highest BCUT2D eigenvalue weighted by Crippen LogP contribution is 2.11. The number of ether oxygens (including phenoxy) is 2. The van der Waals surface area contributed by atoms with Gasteiger partial charge in [-0.3, -0.25) is 9.69 Å². The van der Waals surface area contributed by atoms with E-state index in [0.717, 1.165) is 17.7 Å². The van der Waals surface area contributed by atoms with Gasteiger partial charge in [0.15, 0.2) is 0 Å². The zero-order chi connectivity index (χ0) is 20.0. The van der Waals surface area contributed by atoms with E-state index >= 15 is 0 Å². The molecule has 0 fully saturated rings. The van der Waals surface area contributed by atoms with Crippen LogP contribution >= 0.6 is 0 Å². The first-order valence-corrected chi connectivity index (χ1v) is 8.92. The molecule has 26 heavy (non-hydrogen) atoms. The lowest BCUT2D eigenvalue weighted by molar-refractivity contribution is -0.117. The molecule has 0 radical (unpaired) electrons. The maximum atomic E-state index is 12.2. The summed E-state index contributed by atoms with van der Waals surface area (Å²) in [5.41, 5.74) is 4.62. The number of nitrogens with two attached hydrogens (primary N) is 1. The Balaban J connectivity index is 4.65. The SMILES string of the molecule is CCCCOCCCNC(=O)/C(C#N)=C\N(CCN)C(=O)OC(C)(C)C. The average Bonchev–Trinajstić information content (AvgIpc) is 2.56. The second-order valence-corrected chi connectivity index (χ2v) is 6.69. The fourth-order valence-electron chi connectivity index (χ4n) is 1.78. The van der Waals surface area contributed by atoms with Crippen molar-refractivity contribution in [3.8, 4) is 6.07 Å². The molecule has 2 amide bonds. The Labute approximate surface area is 156 Å². The van der Waals surface area contributed by atoms with Crippen LogP contribution in [0.15, 0.2) is 11.8 Å². The van der Waals surface area contributed by atoms with E-state index < -0.39 is 17.6 Å². The summed E-state index contributed by atoms with van der Waals surface area (Å²) in [6.07, 6.45) is 3.24. The normalized spacial score (nSPS) is 11.6. The van der Waals surface area contributed by atoms with Gasteiger partial charge in [0.25, 0.3) is 5.91 Å². The molecular formula is C18H32N4O4. The van der Waals surface area contributed by atoms with Crippen LogP contribution in [-0.4, -0.2) is 55.3 Å². The summed E-state index contributed by atoms with van der Waals surface area (Å²) in [5, 5.41) is 11.9. The fourth-order valence-corrected chi connectivity index (χ4v) is 1.78. The van der Waals surface area contributed by atoms with E-state index in [1.165, 1.54) is 6.20 Å². The molecule has 0 rings (SSSR count). The molecule has 3 N–H and O–H groups in total. The van der Waals surface area contributed by atoms with Crippen molar-refractivity contribution in [1.29, 1.82) is 5.26 Å². The number of rotatable bonds is 11. The standard InChI is InChI=1S/C18H32N4O4/c1-5-6-11-25-12-7-9-21-16(23)15(13-20)14-22(10-8-19)17(24)26-18(2,3)4/h14H,5-12,19H2,1-4H3,(H,21,23)/b15-14-. The first-order chi connectivity index (χ1) is 12.2. The molecule has 0 heterocycles. The third-order valence-electron chi connectivity index (χ3n) is 3.04. The Morgan fingerprint density at radius 2 is 1.92 bits per heavy atom. The molecule has 0 aromatic rings. The molecule has 8 heteroatoms. The molecule has 0 atom stereocenters. The van der Waals surface area contributed by atoms with Gasteiger partial charge in [0, 0.05) is 39.0 Å². The molecule has 0 spiro atoms. The summed E-state index contributed by atoms with van der Waals surface area (Å²) in [7, 11) is 0. The topological polar surface area (TPSA) is 118 Å². The molecule has 0 aliphatic heterocycles. The molecule has 0 saturated carbocycles. The van der Waals surface area contributed by atoms with Crippen LogP contribution in [0.1, 0.15) is 47.0 Å². The molecule has 0 bridgehead atoms. The predicted molar refractivity (Wildman–Crippen MR) is 99.0 cm³/mol. The molecule has 0 unspecified atom stereocenters. The monoisotopic (exact) mass is 368 g/mol. The number of nitrogens with one attached hydrogen (secondary N) is 1. The third kappa shape index (κ3) is 11.4. The van der Waals surface area contributed by atoms with E-state index in [4.69, 9.17) is 15.2 Å². The fraction of sp³-hybridized carbons (Fsp3) is 0.722. The molecule has 0 aromatic carbocycles. The summed E-state index contributed by atoms with van der Waals surface area (Å²) in [6.45, 7) is 9.23. The Kier molecular flexibility index (Phi) is 12.1. The van der Waals surface area contributed by atoms with Crippen molar-refractivity contribution < 1.29 is 19.1 Å². The van der Waals surface area contributed by atoms with E-state index in [1.54, 1.807) is 26.8 Å². The van der Waals surface area contributed by atoms with Crippen molar-refractivity contribution in [3.05, 3.63) is 11.8 Å². The van der Waals surface area contributed by atoms with Crippen molar-refractivity contribution in [2.45, 2.75) is 52.6 Å². The molecule has 0 aromatic heterocycles. The summed E-state index contributed by atoms with van der Waals surface area (Å²) in [6, 6.07) is 1.80. The molecule has 148 valence electrons. The van der Waals surface area contributed by atoms with Gasteiger partial charge in [0.05, 0.1) is 0 Å². The summed E-state index contributed by atoms with van der Waals surface area (Å²) in [4.78, 5) is 25.4. The van der Waals surface area contributed by atoms with Gasteiger partial charge in [0.1, 0.15) is 17.2 Å². The second-order valence-electron chi connectivity index (χ2n) is 6.69. The van der Waals surface area contributed by atoms with Gasteiger partial charge < -0.3 is 20.5 Å². The van der Waals surface area contributed by atoms with Crippen molar-refractivity contribution in [3.63, 3.8) is 0 Å². The van der Waals surface area contributed by atoms with Crippen LogP contribution in [0.2, 0.25) is 0 Å². The van der Waals surface area contributed by atoms with E-state index in [1.807, 2.05) is 0 Å². The lowest BCUT2D eigenvalue weighted by Crippen LogP contribution is -2.37. The highest BCUT2D eigenvalue weighted by Gasteiger charge is 2.22. The minimum Gasteiger partial charge on any atom is -0.443 e. The number of hydrogen-bond donors (Lipinski definition) is 2. The maximum Gasteiger partial charge on any atom is 0.414 e. The van der Waals surface area contributed by atoms with Crippen molar-refractivity contribution in [2.75, 3.05) is 32.8 Å². The number of amides is 2. The number of nitrogens with zero attached hydrogens (tertiary/aromatic N) is 2. The van der Waals surface area contributed by atoms with E-state index in [0.29, 0.717) is 26.2 Å². The zero-order valence-corrected chi connectivity index (χ0v) is 16.3. The number of unbranched alkanes of at least 4 members (excludes halogenated alkanes) is 1. The molecule has 0 aliphatic rings. The summed E-state index contributed by atoms with van der Waals surface area (Å²) < 4.78 is 10.7. The molecule has 8 nitrogen and oxygen atoms in total. The van der Waals surface area contributed by atoms with Gasteiger partial charge >= 0.3 is 6.09 Å². The van der Waals surface area contributed by atoms with Crippen molar-refractivity contribution >= 4 is 12.0 Å². The first kappa shape index (κ1) is 23.9. The number of carbonyl (C=O) groups is 2. The van der Waals surface area contributed by atoms with Crippen LogP contribution in [0, 0.1) is 11.3 Å². The number of carbonyl (C=O) groups excluding carboxylic acids is 2. The van der Waals surface area contributed by atoms with Gasteiger partial charge in [-0.25, -0.2) is 4.79 Å². The van der Waals surface area contributed by atoms with Gasteiger partial charge in [-0.15, -0.1) is 0 Å². The number of hydrogen-bond acceptors (Lipinski definition) is 6. The Bertz CT molecular complexity index is 506. The summed E-state index contributed by atoms with van der Waals surface area (Å²) >= 11 is 0. The lowest BCUT2D eigenvalue weighted by Gasteiger charge is -2.25. The minimum absolute atomic E-state index is 0.138. The average molecular weight is 368 g/mol. The van der Waals surface area contributed by atoms with Crippen molar-refractivity contribution in [2.24, 2.45) is 5.73 Å². The van der Waals surface area contributed by atoms with Crippen molar-refractivity contribution in [1.82, 2.24) is 10.2 Å². The van der Waals surface area contributed by atoms with Crippen LogP contribution < -0.4 is 11.1 Å². The summed E-state index contributed by atoms with van der Waals surface area (Å²) in [5.74, 6) is -0.549. The van der Waals surface area contributed by atoms with Gasteiger partial charge in [-0.2, -0.15) is 5.26 Å². The minimum atomic E-state index is -0.690. The van der Waals surface area contributed by atoms with Crippen LogP contribution in [-0.2, 0) is 14.3 Å². The van der Waals surface area contributed by atoms with Crippen LogP contribution in [0.25, 0.3) is 0 Å². The van der Waals surface area contributed by atoms with Crippen LogP contribution in [0.5, 0.6) is 0 Å². The quantitative estimate of drug-likeness (QED) is 0.327. The smallest absolute Gasteiger partial charge is 0.414 e. The highest BCUT2D eigenvalue weighted by molar-refractivity contribution is 5.97. The van der Waals surface area contributed by atoms with E-state index in [-0.39, 0.29) is 18.7 Å². The Morgan fingerprint density at radius 1 is 1.27 bits per heavy atom. The Morgan fingerprint density at radius 3 is 2.46 bits per heavy atom. The van der Waals surface area contributed by atoms with Crippen LogP contribution in [0.3, 0.4) is 0 Å². The number of nitriles is 1. The maximum absolute atomic E-state index is 12.2. The van der Waals surface area contributed by atoms with Gasteiger partial charge in [0.2, 0.25) is 0 Å². The van der Waals surface area contributed by atoms with Crippen LogP contribution in [0.4, 0.5) is 4.79 Å². The van der Waals surface area contributed by atoms with Gasteiger partial charge in [-0.05, 0) is 33.6 Å². The molecule has 0 saturated heterocycles. The molecular weight excluding hydrogens is 336 g/mol. The van der Waals surface area contributed by atoms with E-state index in [9.17, 15) is 14.9 Å². The Hall–Kier alpha value is -2.11. The molecule has 0 aliphatic carbocycles. The lowest BCUT2D eigenvalue weighted by atomic mass is 10.2. The second kappa shape index (κ2) is 13.1. The predicted octanol–water partition coefficient (Wildman–Crippen LogP) is 1.91. The zero-order valence-electron chi connectivity index (χ0n) is 16.3. The van der Waals surface area contributed by atoms with E-state index in [2.05, 4.69) is 12.2 Å². The third-order valence-corrected chi connectivity index (χ3v) is 3.04. The van der Waals surface area contributed by atoms with Gasteiger partial charge in [-0.1, -0.05) is 13.3 Å².